The Labute approximate surface area is 71.9 Å². The van der Waals surface area contributed by atoms with Gasteiger partial charge in [-0.2, -0.15) is 0 Å². The number of allylic oxidation sites excluding steroid dienone is 3. The van der Waals surface area contributed by atoms with Gasteiger partial charge in [0.15, 0.2) is 0 Å². The minimum absolute atomic E-state index is 0.0359. The molecule has 0 aliphatic carbocycles. The molecule has 0 aromatic rings. The summed E-state index contributed by atoms with van der Waals surface area (Å²) >= 11 is 5.64. The summed E-state index contributed by atoms with van der Waals surface area (Å²) in [6.07, 6.45) is 5.33. The van der Waals surface area contributed by atoms with Crippen molar-refractivity contribution in [2.45, 2.75) is 13.8 Å². The van der Waals surface area contributed by atoms with Crippen molar-refractivity contribution < 1.29 is 4.79 Å². The largest absolute Gasteiger partial charge is 0.353 e. The second-order valence-electron chi connectivity index (χ2n) is 2.01. The van der Waals surface area contributed by atoms with Crippen LogP contribution in [0.15, 0.2) is 23.3 Å². The van der Waals surface area contributed by atoms with Gasteiger partial charge in [-0.3, -0.25) is 4.79 Å². The molecule has 0 radical (unpaired) electrons. The Balaban J connectivity index is 3.53. The number of carbonyl (C=O) groups excluding carboxylic acids is 1. The predicted molar refractivity (Wildman–Crippen MR) is 47.4 cm³/mol. The molecular formula is C8H12ClNO. The first-order valence-electron chi connectivity index (χ1n) is 3.39. The molecule has 1 amide bonds. The van der Waals surface area contributed by atoms with Crippen LogP contribution in [0.5, 0.6) is 0 Å². The SMILES string of the molecule is C/C=C(Cl)\C=C/CNC(C)=O. The van der Waals surface area contributed by atoms with Crippen LogP contribution in [0.1, 0.15) is 13.8 Å². The molecule has 0 bridgehead atoms. The number of halogens is 1. The normalized spacial score (nSPS) is 12.1. The summed E-state index contributed by atoms with van der Waals surface area (Å²) in [6.45, 7) is 3.86. The van der Waals surface area contributed by atoms with Gasteiger partial charge >= 0.3 is 0 Å². The third-order valence-electron chi connectivity index (χ3n) is 1.02. The van der Waals surface area contributed by atoms with Gasteiger partial charge in [0.1, 0.15) is 0 Å². The lowest BCUT2D eigenvalue weighted by atomic mass is 10.4. The molecule has 1 N–H and O–H groups in total. The van der Waals surface area contributed by atoms with E-state index in [1.54, 1.807) is 18.2 Å². The molecule has 0 fully saturated rings. The second-order valence-corrected chi connectivity index (χ2v) is 2.45. The van der Waals surface area contributed by atoms with Crippen molar-refractivity contribution in [3.05, 3.63) is 23.3 Å². The van der Waals surface area contributed by atoms with E-state index < -0.39 is 0 Å². The van der Waals surface area contributed by atoms with E-state index in [4.69, 9.17) is 11.6 Å². The molecule has 2 nitrogen and oxygen atoms in total. The Bertz CT molecular complexity index is 185. The van der Waals surface area contributed by atoms with Gasteiger partial charge in [-0.15, -0.1) is 0 Å². The average Bonchev–Trinajstić information content (AvgIpc) is 1.97. The molecule has 0 saturated carbocycles. The summed E-state index contributed by atoms with van der Waals surface area (Å²) in [7, 11) is 0. The Morgan fingerprint density at radius 3 is 2.73 bits per heavy atom. The Hall–Kier alpha value is -0.760. The molecule has 62 valence electrons. The van der Waals surface area contributed by atoms with E-state index in [1.165, 1.54) is 6.92 Å². The van der Waals surface area contributed by atoms with Gasteiger partial charge in [0.2, 0.25) is 5.91 Å². The number of hydrogen-bond acceptors (Lipinski definition) is 1. The first-order valence-corrected chi connectivity index (χ1v) is 3.77. The zero-order valence-corrected chi connectivity index (χ0v) is 7.48. The standard InChI is InChI=1S/C8H12ClNO/c1-3-8(9)5-4-6-10-7(2)11/h3-5H,6H2,1-2H3,(H,10,11)/b5-4-,8-3+. The van der Waals surface area contributed by atoms with E-state index in [0.29, 0.717) is 11.6 Å². The molecule has 3 heteroatoms. The third-order valence-corrected chi connectivity index (χ3v) is 1.37. The van der Waals surface area contributed by atoms with Crippen LogP contribution in [-0.4, -0.2) is 12.5 Å². The van der Waals surface area contributed by atoms with E-state index in [2.05, 4.69) is 5.32 Å². The lowest BCUT2D eigenvalue weighted by molar-refractivity contribution is -0.118. The fourth-order valence-corrected chi connectivity index (χ4v) is 0.559. The van der Waals surface area contributed by atoms with Crippen molar-refractivity contribution in [3.8, 4) is 0 Å². The molecule has 0 spiro atoms. The van der Waals surface area contributed by atoms with Gasteiger partial charge in [0.25, 0.3) is 0 Å². The van der Waals surface area contributed by atoms with Crippen molar-refractivity contribution in [3.63, 3.8) is 0 Å². The van der Waals surface area contributed by atoms with Crippen molar-refractivity contribution in [1.82, 2.24) is 5.32 Å². The molecule has 11 heavy (non-hydrogen) atoms. The maximum atomic E-state index is 10.4. The molecule has 0 saturated heterocycles. The lowest BCUT2D eigenvalue weighted by Gasteiger charge is -1.93. The highest BCUT2D eigenvalue weighted by Crippen LogP contribution is 2.00. The van der Waals surface area contributed by atoms with Crippen LogP contribution in [0, 0.1) is 0 Å². The molecule has 0 aliphatic heterocycles. The average molecular weight is 174 g/mol. The summed E-state index contributed by atoms with van der Waals surface area (Å²) in [5.74, 6) is -0.0359. The summed E-state index contributed by atoms with van der Waals surface area (Å²) in [4.78, 5) is 10.4. The van der Waals surface area contributed by atoms with Gasteiger partial charge < -0.3 is 5.32 Å². The predicted octanol–water partition coefficient (Wildman–Crippen LogP) is 1.82. The topological polar surface area (TPSA) is 29.1 Å². The number of rotatable bonds is 3. The zero-order valence-electron chi connectivity index (χ0n) is 6.73. The first-order chi connectivity index (χ1) is 5.16. The number of amides is 1. The van der Waals surface area contributed by atoms with Crippen molar-refractivity contribution in [2.24, 2.45) is 0 Å². The maximum absolute atomic E-state index is 10.4. The molecule has 0 heterocycles. The third kappa shape index (κ3) is 7.13. The molecule has 0 rings (SSSR count). The van der Waals surface area contributed by atoms with Crippen LogP contribution in [0.3, 0.4) is 0 Å². The smallest absolute Gasteiger partial charge is 0.217 e. The molecule has 0 aromatic carbocycles. The first kappa shape index (κ1) is 10.2. The van der Waals surface area contributed by atoms with Crippen LogP contribution in [0.25, 0.3) is 0 Å². The van der Waals surface area contributed by atoms with E-state index in [-0.39, 0.29) is 5.91 Å². The van der Waals surface area contributed by atoms with E-state index >= 15 is 0 Å². The fraction of sp³-hybridized carbons (Fsp3) is 0.375. The summed E-state index contributed by atoms with van der Waals surface area (Å²) < 4.78 is 0. The highest BCUT2D eigenvalue weighted by Gasteiger charge is 1.84. The van der Waals surface area contributed by atoms with Crippen molar-refractivity contribution in [2.75, 3.05) is 6.54 Å². The molecular weight excluding hydrogens is 162 g/mol. The minimum Gasteiger partial charge on any atom is -0.353 e. The van der Waals surface area contributed by atoms with Gasteiger partial charge in [-0.05, 0) is 13.0 Å². The van der Waals surface area contributed by atoms with Crippen molar-refractivity contribution in [1.29, 1.82) is 0 Å². The van der Waals surface area contributed by atoms with Crippen LogP contribution >= 0.6 is 11.6 Å². The number of carbonyl (C=O) groups is 1. The molecule has 0 aromatic heterocycles. The highest BCUT2D eigenvalue weighted by molar-refractivity contribution is 6.31. The van der Waals surface area contributed by atoms with E-state index in [0.717, 1.165) is 0 Å². The van der Waals surface area contributed by atoms with Crippen LogP contribution < -0.4 is 5.32 Å². The number of nitrogens with one attached hydrogen (secondary N) is 1. The van der Waals surface area contributed by atoms with Crippen molar-refractivity contribution >= 4 is 17.5 Å². The summed E-state index contributed by atoms with van der Waals surface area (Å²) in [5.41, 5.74) is 0. The maximum Gasteiger partial charge on any atom is 0.217 e. The van der Waals surface area contributed by atoms with Crippen LogP contribution in [0.4, 0.5) is 0 Å². The summed E-state index contributed by atoms with van der Waals surface area (Å²) in [6, 6.07) is 0. The Morgan fingerprint density at radius 1 is 1.64 bits per heavy atom. The summed E-state index contributed by atoms with van der Waals surface area (Å²) in [5, 5.41) is 3.29. The van der Waals surface area contributed by atoms with Gasteiger partial charge in [-0.1, -0.05) is 23.8 Å². The fourth-order valence-electron chi connectivity index (χ4n) is 0.470. The highest BCUT2D eigenvalue weighted by atomic mass is 35.5. The van der Waals surface area contributed by atoms with Crippen LogP contribution in [-0.2, 0) is 4.79 Å². The van der Waals surface area contributed by atoms with Gasteiger partial charge in [0.05, 0.1) is 0 Å². The second kappa shape index (κ2) is 5.98. The van der Waals surface area contributed by atoms with Crippen LogP contribution in [0.2, 0.25) is 0 Å². The lowest BCUT2D eigenvalue weighted by Crippen LogP contribution is -2.19. The Morgan fingerprint density at radius 2 is 2.27 bits per heavy atom. The molecule has 0 aliphatic rings. The Kier molecular flexibility index (Phi) is 5.57. The molecule has 0 atom stereocenters. The molecule has 0 unspecified atom stereocenters. The van der Waals surface area contributed by atoms with Gasteiger partial charge in [0, 0.05) is 18.5 Å². The van der Waals surface area contributed by atoms with E-state index in [1.807, 2.05) is 6.92 Å². The minimum atomic E-state index is -0.0359. The zero-order chi connectivity index (χ0) is 8.69. The quantitative estimate of drug-likeness (QED) is 0.649. The van der Waals surface area contributed by atoms with E-state index in [9.17, 15) is 4.79 Å². The van der Waals surface area contributed by atoms with Gasteiger partial charge in [-0.25, -0.2) is 0 Å². The monoisotopic (exact) mass is 173 g/mol. The number of hydrogen-bond donors (Lipinski definition) is 1.